The Balaban J connectivity index is 2.33. The zero-order chi connectivity index (χ0) is 14.5. The lowest BCUT2D eigenvalue weighted by atomic mass is 9.91. The first-order chi connectivity index (χ1) is 9.63. The number of nitrogens with one attached hydrogen (secondary N) is 1. The summed E-state index contributed by atoms with van der Waals surface area (Å²) < 4.78 is 13.3. The fourth-order valence-corrected chi connectivity index (χ4v) is 2.51. The summed E-state index contributed by atoms with van der Waals surface area (Å²) in [5.74, 6) is -0.228. The van der Waals surface area contributed by atoms with Gasteiger partial charge in [-0.1, -0.05) is 37.6 Å². The number of rotatable bonds is 5. The van der Waals surface area contributed by atoms with Crippen LogP contribution in [0.5, 0.6) is 0 Å². The molecule has 20 heavy (non-hydrogen) atoms. The van der Waals surface area contributed by atoms with E-state index in [1.54, 1.807) is 18.3 Å². The molecule has 0 aliphatic heterocycles. The van der Waals surface area contributed by atoms with Crippen LogP contribution < -0.4 is 5.32 Å². The van der Waals surface area contributed by atoms with Gasteiger partial charge in [-0.25, -0.2) is 4.39 Å². The molecule has 2 atom stereocenters. The van der Waals surface area contributed by atoms with Gasteiger partial charge in [0, 0.05) is 23.9 Å². The zero-order valence-electron chi connectivity index (χ0n) is 11.6. The molecule has 0 radical (unpaired) electrons. The van der Waals surface area contributed by atoms with Crippen molar-refractivity contribution in [3.05, 3.63) is 64.7 Å². The molecule has 1 aromatic heterocycles. The first kappa shape index (κ1) is 14.9. The van der Waals surface area contributed by atoms with Crippen LogP contribution in [-0.2, 0) is 0 Å². The molecule has 0 amide bonds. The molecule has 0 bridgehead atoms. The van der Waals surface area contributed by atoms with Crippen LogP contribution >= 0.6 is 11.6 Å². The summed E-state index contributed by atoms with van der Waals surface area (Å²) in [7, 11) is 0. The highest BCUT2D eigenvalue weighted by Gasteiger charge is 2.21. The van der Waals surface area contributed by atoms with E-state index in [-0.39, 0.29) is 17.0 Å². The number of benzene rings is 1. The van der Waals surface area contributed by atoms with E-state index in [0.717, 1.165) is 17.8 Å². The second kappa shape index (κ2) is 6.82. The van der Waals surface area contributed by atoms with Crippen molar-refractivity contribution < 1.29 is 4.39 Å². The molecule has 2 unspecified atom stereocenters. The highest BCUT2D eigenvalue weighted by molar-refractivity contribution is 6.30. The van der Waals surface area contributed by atoms with E-state index in [1.165, 1.54) is 6.07 Å². The van der Waals surface area contributed by atoms with Gasteiger partial charge in [0.05, 0.1) is 5.02 Å². The third kappa shape index (κ3) is 3.35. The average molecular weight is 293 g/mol. The van der Waals surface area contributed by atoms with Crippen molar-refractivity contribution in [3.63, 3.8) is 0 Å². The Morgan fingerprint density at radius 3 is 2.70 bits per heavy atom. The smallest absolute Gasteiger partial charge is 0.141 e. The fraction of sp³-hybridized carbons (Fsp3) is 0.312. The Kier molecular flexibility index (Phi) is 5.10. The molecule has 1 aromatic carbocycles. The largest absolute Gasteiger partial charge is 0.310 e. The molecular formula is C16H18ClFN2. The number of nitrogens with zero attached hydrogens (tertiary/aromatic N) is 1. The van der Waals surface area contributed by atoms with Crippen LogP contribution in [-0.4, -0.2) is 11.5 Å². The predicted molar refractivity (Wildman–Crippen MR) is 80.5 cm³/mol. The molecule has 2 aromatic rings. The lowest BCUT2D eigenvalue weighted by Gasteiger charge is -2.25. The maximum absolute atomic E-state index is 13.3. The standard InChI is InChI=1S/C16H18ClFN2/c1-3-19-16(11(2)15-6-4-5-9-20-15)12-7-8-14(18)13(17)10-12/h4-11,16,19H,3H2,1-2H3. The molecule has 0 aliphatic carbocycles. The highest BCUT2D eigenvalue weighted by Crippen LogP contribution is 2.31. The van der Waals surface area contributed by atoms with Crippen molar-refractivity contribution in [2.45, 2.75) is 25.8 Å². The number of pyridine rings is 1. The highest BCUT2D eigenvalue weighted by atomic mass is 35.5. The van der Waals surface area contributed by atoms with Crippen molar-refractivity contribution in [1.82, 2.24) is 10.3 Å². The quantitative estimate of drug-likeness (QED) is 0.887. The number of hydrogen-bond acceptors (Lipinski definition) is 2. The predicted octanol–water partition coefficient (Wildman–Crippen LogP) is 4.33. The van der Waals surface area contributed by atoms with E-state index in [0.29, 0.717) is 0 Å². The summed E-state index contributed by atoms with van der Waals surface area (Å²) in [6, 6.07) is 10.8. The second-order valence-electron chi connectivity index (χ2n) is 4.75. The van der Waals surface area contributed by atoms with Gasteiger partial charge in [0.2, 0.25) is 0 Å². The van der Waals surface area contributed by atoms with Crippen LogP contribution in [0.1, 0.15) is 37.1 Å². The number of halogens is 2. The van der Waals surface area contributed by atoms with Crippen molar-refractivity contribution in [3.8, 4) is 0 Å². The fourth-order valence-electron chi connectivity index (χ4n) is 2.33. The van der Waals surface area contributed by atoms with Gasteiger partial charge in [-0.2, -0.15) is 0 Å². The normalized spacial score (nSPS) is 14.0. The minimum atomic E-state index is -0.392. The van der Waals surface area contributed by atoms with E-state index < -0.39 is 5.82 Å². The number of hydrogen-bond donors (Lipinski definition) is 1. The monoisotopic (exact) mass is 292 g/mol. The van der Waals surface area contributed by atoms with Crippen LogP contribution in [0, 0.1) is 5.82 Å². The van der Waals surface area contributed by atoms with Gasteiger partial charge in [-0.15, -0.1) is 0 Å². The Morgan fingerprint density at radius 1 is 1.30 bits per heavy atom. The van der Waals surface area contributed by atoms with E-state index >= 15 is 0 Å². The van der Waals surface area contributed by atoms with Gasteiger partial charge in [-0.3, -0.25) is 4.98 Å². The zero-order valence-corrected chi connectivity index (χ0v) is 12.4. The third-order valence-corrected chi connectivity index (χ3v) is 3.67. The second-order valence-corrected chi connectivity index (χ2v) is 5.16. The first-order valence-electron chi connectivity index (χ1n) is 6.72. The molecule has 0 saturated carbocycles. The van der Waals surface area contributed by atoms with Gasteiger partial charge in [0.1, 0.15) is 5.82 Å². The average Bonchev–Trinajstić information content (AvgIpc) is 2.48. The maximum atomic E-state index is 13.3. The van der Waals surface area contributed by atoms with Crippen LogP contribution in [0.3, 0.4) is 0 Å². The van der Waals surface area contributed by atoms with Crippen molar-refractivity contribution in [2.24, 2.45) is 0 Å². The summed E-state index contributed by atoms with van der Waals surface area (Å²) in [4.78, 5) is 4.40. The van der Waals surface area contributed by atoms with E-state index in [1.807, 2.05) is 25.1 Å². The molecule has 1 heterocycles. The summed E-state index contributed by atoms with van der Waals surface area (Å²) in [6.45, 7) is 4.97. The van der Waals surface area contributed by atoms with Gasteiger partial charge in [0.25, 0.3) is 0 Å². The van der Waals surface area contributed by atoms with E-state index in [4.69, 9.17) is 11.6 Å². The Labute approximate surface area is 124 Å². The third-order valence-electron chi connectivity index (χ3n) is 3.38. The summed E-state index contributed by atoms with van der Waals surface area (Å²) in [6.07, 6.45) is 1.78. The molecule has 0 saturated heterocycles. The Morgan fingerprint density at radius 2 is 2.10 bits per heavy atom. The van der Waals surface area contributed by atoms with Crippen LogP contribution in [0.25, 0.3) is 0 Å². The van der Waals surface area contributed by atoms with Gasteiger partial charge >= 0.3 is 0 Å². The van der Waals surface area contributed by atoms with Crippen LogP contribution in [0.4, 0.5) is 4.39 Å². The van der Waals surface area contributed by atoms with E-state index in [9.17, 15) is 4.39 Å². The van der Waals surface area contributed by atoms with Crippen LogP contribution in [0.2, 0.25) is 5.02 Å². The molecular weight excluding hydrogens is 275 g/mol. The Bertz CT molecular complexity index is 560. The molecule has 0 aliphatic rings. The SMILES string of the molecule is CCNC(c1ccc(F)c(Cl)c1)C(C)c1ccccn1. The van der Waals surface area contributed by atoms with Gasteiger partial charge in [0.15, 0.2) is 0 Å². The van der Waals surface area contributed by atoms with Crippen LogP contribution in [0.15, 0.2) is 42.6 Å². The number of aromatic nitrogens is 1. The lowest BCUT2D eigenvalue weighted by molar-refractivity contribution is 0.471. The topological polar surface area (TPSA) is 24.9 Å². The molecule has 106 valence electrons. The van der Waals surface area contributed by atoms with E-state index in [2.05, 4.69) is 17.2 Å². The number of likely N-dealkylation sites (N-methyl/N-ethyl adjacent to an activating group) is 1. The first-order valence-corrected chi connectivity index (χ1v) is 7.10. The minimum Gasteiger partial charge on any atom is -0.310 e. The molecule has 1 N–H and O–H groups in total. The van der Waals surface area contributed by atoms with Gasteiger partial charge < -0.3 is 5.32 Å². The summed E-state index contributed by atoms with van der Waals surface area (Å²) in [5.41, 5.74) is 1.97. The minimum absolute atomic E-state index is 0.0491. The Hall–Kier alpha value is -1.45. The molecule has 4 heteroatoms. The van der Waals surface area contributed by atoms with Crippen molar-refractivity contribution in [2.75, 3.05) is 6.54 Å². The molecule has 0 fully saturated rings. The van der Waals surface area contributed by atoms with Crippen molar-refractivity contribution >= 4 is 11.6 Å². The maximum Gasteiger partial charge on any atom is 0.141 e. The summed E-state index contributed by atoms with van der Waals surface area (Å²) in [5, 5.41) is 3.57. The van der Waals surface area contributed by atoms with Gasteiger partial charge in [-0.05, 0) is 36.4 Å². The molecule has 2 rings (SSSR count). The lowest BCUT2D eigenvalue weighted by Crippen LogP contribution is -2.26. The molecule has 2 nitrogen and oxygen atoms in total. The van der Waals surface area contributed by atoms with Crippen molar-refractivity contribution in [1.29, 1.82) is 0 Å². The summed E-state index contributed by atoms with van der Waals surface area (Å²) >= 11 is 5.89. The molecule has 0 spiro atoms.